The molecule has 2 aliphatic heterocycles. The maximum atomic E-state index is 13.4. The van der Waals surface area contributed by atoms with Crippen molar-refractivity contribution in [1.29, 1.82) is 0 Å². The Morgan fingerprint density at radius 3 is 2.08 bits per heavy atom. The lowest BCUT2D eigenvalue weighted by Gasteiger charge is -2.35. The lowest BCUT2D eigenvalue weighted by atomic mass is 10.2. The standard InChI is InChI=1S/C19H23F2N5/c20-16-4-3-15(11-17(16)21)13-24-7-9-26(10-8-24)19-12-18(22-14-23-19)25-5-1-2-6-25/h3-4,11-12,14H,1-2,5-10,13H2. The van der Waals surface area contributed by atoms with Gasteiger partial charge in [-0.25, -0.2) is 18.7 Å². The van der Waals surface area contributed by atoms with Crippen molar-refractivity contribution in [2.24, 2.45) is 0 Å². The van der Waals surface area contributed by atoms with E-state index in [2.05, 4.69) is 30.7 Å². The predicted molar refractivity (Wildman–Crippen MR) is 97.3 cm³/mol. The van der Waals surface area contributed by atoms with Crippen LogP contribution in [-0.4, -0.2) is 54.1 Å². The maximum Gasteiger partial charge on any atom is 0.159 e. The van der Waals surface area contributed by atoms with E-state index in [4.69, 9.17) is 0 Å². The molecule has 5 nitrogen and oxygen atoms in total. The normalized spacial score (nSPS) is 18.5. The van der Waals surface area contributed by atoms with E-state index in [1.807, 2.05) is 0 Å². The minimum absolute atomic E-state index is 0.633. The molecular formula is C19H23F2N5. The van der Waals surface area contributed by atoms with E-state index in [0.717, 1.165) is 56.5 Å². The van der Waals surface area contributed by atoms with E-state index < -0.39 is 11.6 Å². The van der Waals surface area contributed by atoms with Crippen LogP contribution in [0.15, 0.2) is 30.6 Å². The highest BCUT2D eigenvalue weighted by atomic mass is 19.2. The van der Waals surface area contributed by atoms with Crippen molar-refractivity contribution in [3.8, 4) is 0 Å². The first kappa shape index (κ1) is 17.1. The number of piperazine rings is 1. The van der Waals surface area contributed by atoms with Crippen molar-refractivity contribution in [2.45, 2.75) is 19.4 Å². The summed E-state index contributed by atoms with van der Waals surface area (Å²) < 4.78 is 26.4. The van der Waals surface area contributed by atoms with Crippen molar-refractivity contribution < 1.29 is 8.78 Å². The van der Waals surface area contributed by atoms with E-state index in [1.165, 1.54) is 25.0 Å². The summed E-state index contributed by atoms with van der Waals surface area (Å²) >= 11 is 0. The first-order valence-electron chi connectivity index (χ1n) is 9.17. The van der Waals surface area contributed by atoms with Gasteiger partial charge >= 0.3 is 0 Å². The van der Waals surface area contributed by atoms with Gasteiger partial charge < -0.3 is 9.80 Å². The number of anilines is 2. The molecule has 2 aromatic rings. The number of aromatic nitrogens is 2. The van der Waals surface area contributed by atoms with Crippen LogP contribution in [0.3, 0.4) is 0 Å². The Bertz CT molecular complexity index is 755. The van der Waals surface area contributed by atoms with Gasteiger partial charge in [0, 0.05) is 51.9 Å². The van der Waals surface area contributed by atoms with Gasteiger partial charge in [-0.2, -0.15) is 0 Å². The van der Waals surface area contributed by atoms with Crippen LogP contribution < -0.4 is 9.80 Å². The summed E-state index contributed by atoms with van der Waals surface area (Å²) in [6.45, 7) is 6.22. The van der Waals surface area contributed by atoms with Crippen LogP contribution in [0.4, 0.5) is 20.4 Å². The predicted octanol–water partition coefficient (Wildman–Crippen LogP) is 2.68. The summed E-state index contributed by atoms with van der Waals surface area (Å²) in [5, 5.41) is 0. The third-order valence-electron chi connectivity index (χ3n) is 5.15. The minimum atomic E-state index is -0.795. The molecule has 7 heteroatoms. The molecule has 1 aromatic heterocycles. The highest BCUT2D eigenvalue weighted by molar-refractivity contribution is 5.50. The molecule has 0 atom stereocenters. The van der Waals surface area contributed by atoms with Crippen LogP contribution in [0.2, 0.25) is 0 Å². The van der Waals surface area contributed by atoms with Crippen LogP contribution in [0.25, 0.3) is 0 Å². The molecular weight excluding hydrogens is 336 g/mol. The zero-order valence-corrected chi connectivity index (χ0v) is 14.7. The lowest BCUT2D eigenvalue weighted by molar-refractivity contribution is 0.249. The molecule has 2 fully saturated rings. The van der Waals surface area contributed by atoms with Crippen LogP contribution in [0.5, 0.6) is 0 Å². The Kier molecular flexibility index (Phi) is 4.97. The molecule has 4 rings (SSSR count). The molecule has 0 radical (unpaired) electrons. The van der Waals surface area contributed by atoms with Crippen molar-refractivity contribution >= 4 is 11.6 Å². The number of benzene rings is 1. The fraction of sp³-hybridized carbons (Fsp3) is 0.474. The number of hydrogen-bond acceptors (Lipinski definition) is 5. The summed E-state index contributed by atoms with van der Waals surface area (Å²) in [6.07, 6.45) is 4.10. The monoisotopic (exact) mass is 359 g/mol. The van der Waals surface area contributed by atoms with Gasteiger partial charge in [-0.1, -0.05) is 6.07 Å². The Morgan fingerprint density at radius 2 is 1.42 bits per heavy atom. The van der Waals surface area contributed by atoms with E-state index in [0.29, 0.717) is 6.54 Å². The molecule has 3 heterocycles. The number of halogens is 2. The molecule has 0 amide bonds. The average molecular weight is 359 g/mol. The highest BCUT2D eigenvalue weighted by Gasteiger charge is 2.20. The summed E-state index contributed by atoms with van der Waals surface area (Å²) in [5.74, 6) is 0.402. The first-order chi connectivity index (χ1) is 12.7. The Morgan fingerprint density at radius 1 is 0.769 bits per heavy atom. The first-order valence-corrected chi connectivity index (χ1v) is 9.17. The molecule has 2 aliphatic rings. The smallest absolute Gasteiger partial charge is 0.159 e. The molecule has 0 aliphatic carbocycles. The molecule has 0 unspecified atom stereocenters. The van der Waals surface area contributed by atoms with Gasteiger partial charge in [0.05, 0.1) is 0 Å². The number of nitrogens with zero attached hydrogens (tertiary/aromatic N) is 5. The summed E-state index contributed by atoms with van der Waals surface area (Å²) in [6, 6.07) is 6.21. The second-order valence-electron chi connectivity index (χ2n) is 6.94. The lowest BCUT2D eigenvalue weighted by Crippen LogP contribution is -2.46. The molecule has 138 valence electrons. The Labute approximate surface area is 152 Å². The van der Waals surface area contributed by atoms with Gasteiger partial charge in [-0.05, 0) is 30.5 Å². The van der Waals surface area contributed by atoms with Crippen molar-refractivity contribution in [3.05, 3.63) is 47.8 Å². The largest absolute Gasteiger partial charge is 0.356 e. The van der Waals surface area contributed by atoms with Gasteiger partial charge in [0.25, 0.3) is 0 Å². The molecule has 26 heavy (non-hydrogen) atoms. The van der Waals surface area contributed by atoms with Gasteiger partial charge in [0.15, 0.2) is 11.6 Å². The topological polar surface area (TPSA) is 35.5 Å². The zero-order valence-electron chi connectivity index (χ0n) is 14.7. The molecule has 0 N–H and O–H groups in total. The van der Waals surface area contributed by atoms with Crippen LogP contribution >= 0.6 is 0 Å². The van der Waals surface area contributed by atoms with Gasteiger partial charge in [-0.15, -0.1) is 0 Å². The van der Waals surface area contributed by atoms with E-state index in [-0.39, 0.29) is 0 Å². The van der Waals surface area contributed by atoms with Gasteiger partial charge in [0.1, 0.15) is 18.0 Å². The quantitative estimate of drug-likeness (QED) is 0.839. The zero-order chi connectivity index (χ0) is 17.9. The third kappa shape index (κ3) is 3.77. The summed E-state index contributed by atoms with van der Waals surface area (Å²) in [5.41, 5.74) is 0.802. The van der Waals surface area contributed by atoms with E-state index >= 15 is 0 Å². The van der Waals surface area contributed by atoms with E-state index in [9.17, 15) is 8.78 Å². The van der Waals surface area contributed by atoms with E-state index in [1.54, 1.807) is 12.4 Å². The van der Waals surface area contributed by atoms with Gasteiger partial charge in [-0.3, -0.25) is 4.90 Å². The van der Waals surface area contributed by atoms with Crippen molar-refractivity contribution in [2.75, 3.05) is 49.1 Å². The second-order valence-corrected chi connectivity index (χ2v) is 6.94. The second kappa shape index (κ2) is 7.53. The minimum Gasteiger partial charge on any atom is -0.356 e. The van der Waals surface area contributed by atoms with Crippen LogP contribution in [-0.2, 0) is 6.54 Å². The molecule has 0 bridgehead atoms. The third-order valence-corrected chi connectivity index (χ3v) is 5.15. The Balaban J connectivity index is 1.36. The van der Waals surface area contributed by atoms with Gasteiger partial charge in [0.2, 0.25) is 0 Å². The average Bonchev–Trinajstić information content (AvgIpc) is 3.20. The van der Waals surface area contributed by atoms with Crippen molar-refractivity contribution in [3.63, 3.8) is 0 Å². The Hall–Kier alpha value is -2.28. The number of hydrogen-bond donors (Lipinski definition) is 0. The molecule has 2 saturated heterocycles. The fourth-order valence-electron chi connectivity index (χ4n) is 3.66. The number of rotatable bonds is 4. The molecule has 0 spiro atoms. The fourth-order valence-corrected chi connectivity index (χ4v) is 3.66. The van der Waals surface area contributed by atoms with Crippen molar-refractivity contribution in [1.82, 2.24) is 14.9 Å². The van der Waals surface area contributed by atoms with Crippen LogP contribution in [0.1, 0.15) is 18.4 Å². The maximum absolute atomic E-state index is 13.4. The molecule has 1 aromatic carbocycles. The SMILES string of the molecule is Fc1ccc(CN2CCN(c3cc(N4CCCC4)ncn3)CC2)cc1F. The molecule has 0 saturated carbocycles. The summed E-state index contributed by atoms with van der Waals surface area (Å²) in [4.78, 5) is 15.7. The summed E-state index contributed by atoms with van der Waals surface area (Å²) in [7, 11) is 0. The van der Waals surface area contributed by atoms with Crippen LogP contribution in [0, 0.1) is 11.6 Å². The highest BCUT2D eigenvalue weighted by Crippen LogP contribution is 2.22.